The molecule has 122 valence electrons. The van der Waals surface area contributed by atoms with Gasteiger partial charge in [-0.05, 0) is 25.1 Å². The van der Waals surface area contributed by atoms with Crippen LogP contribution in [0.25, 0.3) is 0 Å². The van der Waals surface area contributed by atoms with E-state index in [2.05, 4.69) is 5.32 Å². The molecule has 1 amide bonds. The van der Waals surface area contributed by atoms with Crippen LogP contribution < -0.4 is 10.1 Å². The molecule has 0 bridgehead atoms. The van der Waals surface area contributed by atoms with Gasteiger partial charge in [-0.1, -0.05) is 30.3 Å². The van der Waals surface area contributed by atoms with Crippen LogP contribution in [0.1, 0.15) is 34.5 Å². The van der Waals surface area contributed by atoms with E-state index in [-0.39, 0.29) is 0 Å². The predicted molar refractivity (Wildman–Crippen MR) is 80.3 cm³/mol. The molecular weight excluding hydrogens is 307 g/mol. The molecule has 0 aliphatic heterocycles. The number of benzene rings is 2. The lowest BCUT2D eigenvalue weighted by molar-refractivity contribution is -0.137. The van der Waals surface area contributed by atoms with Crippen molar-refractivity contribution in [3.05, 3.63) is 65.2 Å². The molecule has 0 saturated heterocycles. The number of carbonyl (C=O) groups is 1. The van der Waals surface area contributed by atoms with Crippen molar-refractivity contribution in [1.29, 1.82) is 0 Å². The molecule has 0 unspecified atom stereocenters. The average molecular weight is 323 g/mol. The Morgan fingerprint density at radius 3 is 2.35 bits per heavy atom. The van der Waals surface area contributed by atoms with E-state index in [9.17, 15) is 18.0 Å². The summed E-state index contributed by atoms with van der Waals surface area (Å²) in [5.41, 5.74) is -0.667. The van der Waals surface area contributed by atoms with Crippen molar-refractivity contribution < 1.29 is 22.7 Å². The molecule has 2 aromatic carbocycles. The van der Waals surface area contributed by atoms with Crippen LogP contribution in [-0.4, -0.2) is 13.0 Å². The number of hydrogen-bond acceptors (Lipinski definition) is 2. The van der Waals surface area contributed by atoms with Gasteiger partial charge in [0, 0.05) is 5.56 Å². The van der Waals surface area contributed by atoms with Gasteiger partial charge >= 0.3 is 6.18 Å². The molecule has 3 nitrogen and oxygen atoms in total. The second kappa shape index (κ2) is 6.73. The maximum Gasteiger partial charge on any atom is 0.417 e. The molecule has 0 radical (unpaired) electrons. The van der Waals surface area contributed by atoms with Gasteiger partial charge in [0.1, 0.15) is 5.75 Å². The minimum Gasteiger partial charge on any atom is -0.496 e. The van der Waals surface area contributed by atoms with Gasteiger partial charge in [-0.25, -0.2) is 0 Å². The molecule has 1 N–H and O–H groups in total. The van der Waals surface area contributed by atoms with Crippen molar-refractivity contribution in [3.63, 3.8) is 0 Å². The third-order valence-corrected chi connectivity index (χ3v) is 3.43. The Kier molecular flexibility index (Phi) is 4.93. The smallest absolute Gasteiger partial charge is 0.417 e. The third kappa shape index (κ3) is 3.83. The third-order valence-electron chi connectivity index (χ3n) is 3.43. The molecule has 23 heavy (non-hydrogen) atoms. The minimum atomic E-state index is -4.58. The van der Waals surface area contributed by atoms with Crippen LogP contribution in [0.3, 0.4) is 0 Å². The summed E-state index contributed by atoms with van der Waals surface area (Å²) in [5.74, 6) is -0.222. The summed E-state index contributed by atoms with van der Waals surface area (Å²) in [4.78, 5) is 12.2. The summed E-state index contributed by atoms with van der Waals surface area (Å²) in [5, 5.41) is 2.58. The highest BCUT2D eigenvalue weighted by Crippen LogP contribution is 2.32. The van der Waals surface area contributed by atoms with E-state index >= 15 is 0 Å². The van der Waals surface area contributed by atoms with Gasteiger partial charge in [0.15, 0.2) is 0 Å². The molecule has 2 rings (SSSR count). The molecule has 0 aromatic heterocycles. The first-order chi connectivity index (χ1) is 10.8. The fourth-order valence-electron chi connectivity index (χ4n) is 2.30. The Balaban J connectivity index is 2.26. The SMILES string of the molecule is COc1ccccc1[C@@H](C)NC(=O)c1ccccc1C(F)(F)F. The number of hydrogen-bond donors (Lipinski definition) is 1. The van der Waals surface area contributed by atoms with Crippen molar-refractivity contribution in [2.24, 2.45) is 0 Å². The van der Waals surface area contributed by atoms with E-state index in [0.29, 0.717) is 11.3 Å². The zero-order valence-corrected chi connectivity index (χ0v) is 12.6. The molecule has 6 heteroatoms. The molecule has 0 saturated carbocycles. The fraction of sp³-hybridized carbons (Fsp3) is 0.235. The van der Waals surface area contributed by atoms with Crippen LogP contribution in [0, 0.1) is 0 Å². The van der Waals surface area contributed by atoms with E-state index < -0.39 is 29.3 Å². The van der Waals surface area contributed by atoms with E-state index in [4.69, 9.17) is 4.74 Å². The Bertz CT molecular complexity index is 698. The van der Waals surface area contributed by atoms with Crippen molar-refractivity contribution in [1.82, 2.24) is 5.32 Å². The monoisotopic (exact) mass is 323 g/mol. The highest BCUT2D eigenvalue weighted by Gasteiger charge is 2.35. The molecule has 0 aliphatic rings. The summed E-state index contributed by atoms with van der Waals surface area (Å²) < 4.78 is 44.2. The number of alkyl halides is 3. The Morgan fingerprint density at radius 1 is 1.09 bits per heavy atom. The van der Waals surface area contributed by atoms with Crippen LogP contribution in [0.15, 0.2) is 48.5 Å². The maximum absolute atomic E-state index is 13.0. The molecule has 0 heterocycles. The molecule has 2 aromatic rings. The van der Waals surface area contributed by atoms with Crippen molar-refractivity contribution >= 4 is 5.91 Å². The van der Waals surface area contributed by atoms with Crippen molar-refractivity contribution in [2.75, 3.05) is 7.11 Å². The maximum atomic E-state index is 13.0. The number of methoxy groups -OCH3 is 1. The number of ether oxygens (including phenoxy) is 1. The standard InChI is InChI=1S/C17H16F3NO2/c1-11(12-7-4-6-10-15(12)23-2)21-16(22)13-8-3-5-9-14(13)17(18,19)20/h3-11H,1-2H3,(H,21,22)/t11-/m1/s1. The van der Waals surface area contributed by atoms with Crippen molar-refractivity contribution in [2.45, 2.75) is 19.1 Å². The second-order valence-corrected chi connectivity index (χ2v) is 4.98. The number of para-hydroxylation sites is 1. The fourth-order valence-corrected chi connectivity index (χ4v) is 2.30. The zero-order chi connectivity index (χ0) is 17.0. The van der Waals surface area contributed by atoms with Crippen LogP contribution in [0.2, 0.25) is 0 Å². The summed E-state index contributed by atoms with van der Waals surface area (Å²) in [6.45, 7) is 1.69. The largest absolute Gasteiger partial charge is 0.496 e. The summed E-state index contributed by atoms with van der Waals surface area (Å²) in [7, 11) is 1.49. The Labute approximate surface area is 132 Å². The summed E-state index contributed by atoms with van der Waals surface area (Å²) >= 11 is 0. The van der Waals surface area contributed by atoms with E-state index in [0.717, 1.165) is 12.1 Å². The molecule has 0 fully saturated rings. The number of carbonyl (C=O) groups excluding carboxylic acids is 1. The van der Waals surface area contributed by atoms with Crippen LogP contribution >= 0.6 is 0 Å². The first-order valence-electron chi connectivity index (χ1n) is 6.94. The molecular formula is C17H16F3NO2. The predicted octanol–water partition coefficient (Wildman–Crippen LogP) is 4.21. The Hall–Kier alpha value is -2.50. The normalized spacial score (nSPS) is 12.6. The van der Waals surface area contributed by atoms with Crippen LogP contribution in [0.4, 0.5) is 13.2 Å². The number of nitrogens with one attached hydrogen (secondary N) is 1. The minimum absolute atomic E-state index is 0.401. The Morgan fingerprint density at radius 2 is 1.70 bits per heavy atom. The van der Waals surface area contributed by atoms with E-state index in [1.54, 1.807) is 31.2 Å². The van der Waals surface area contributed by atoms with Gasteiger partial charge in [0.05, 0.1) is 24.3 Å². The first kappa shape index (κ1) is 16.9. The number of halogens is 3. The number of amides is 1. The van der Waals surface area contributed by atoms with Gasteiger partial charge in [-0.3, -0.25) is 4.79 Å². The second-order valence-electron chi connectivity index (χ2n) is 4.98. The average Bonchev–Trinajstić information content (AvgIpc) is 2.53. The first-order valence-corrected chi connectivity index (χ1v) is 6.94. The molecule has 0 spiro atoms. The van der Waals surface area contributed by atoms with E-state index in [1.165, 1.54) is 19.2 Å². The number of rotatable bonds is 4. The topological polar surface area (TPSA) is 38.3 Å². The van der Waals surface area contributed by atoms with Crippen molar-refractivity contribution in [3.8, 4) is 5.75 Å². The van der Waals surface area contributed by atoms with Crippen LogP contribution in [-0.2, 0) is 6.18 Å². The van der Waals surface area contributed by atoms with Gasteiger partial charge in [-0.15, -0.1) is 0 Å². The lowest BCUT2D eigenvalue weighted by Gasteiger charge is -2.19. The van der Waals surface area contributed by atoms with Crippen LogP contribution in [0.5, 0.6) is 5.75 Å². The zero-order valence-electron chi connectivity index (χ0n) is 12.6. The molecule has 1 atom stereocenters. The lowest BCUT2D eigenvalue weighted by atomic mass is 10.0. The highest BCUT2D eigenvalue weighted by atomic mass is 19.4. The van der Waals surface area contributed by atoms with Gasteiger partial charge in [0.25, 0.3) is 5.91 Å². The lowest BCUT2D eigenvalue weighted by Crippen LogP contribution is -2.29. The quantitative estimate of drug-likeness (QED) is 0.915. The summed E-state index contributed by atoms with van der Waals surface area (Å²) in [6, 6.07) is 11.2. The highest BCUT2D eigenvalue weighted by molar-refractivity contribution is 5.96. The van der Waals surface area contributed by atoms with Gasteiger partial charge in [-0.2, -0.15) is 13.2 Å². The van der Waals surface area contributed by atoms with E-state index in [1.807, 2.05) is 0 Å². The van der Waals surface area contributed by atoms with Gasteiger partial charge in [0.2, 0.25) is 0 Å². The molecule has 0 aliphatic carbocycles. The summed E-state index contributed by atoms with van der Waals surface area (Å²) in [6.07, 6.45) is -4.58. The van der Waals surface area contributed by atoms with Gasteiger partial charge < -0.3 is 10.1 Å².